The van der Waals surface area contributed by atoms with E-state index < -0.39 is 35.4 Å². The second-order valence-electron chi connectivity index (χ2n) is 4.76. The van der Waals surface area contributed by atoms with Crippen molar-refractivity contribution in [2.45, 2.75) is 6.61 Å². The molecule has 118 valence electrons. The lowest BCUT2D eigenvalue weighted by Crippen LogP contribution is -2.05. The molecule has 0 amide bonds. The van der Waals surface area contributed by atoms with Gasteiger partial charge in [-0.25, -0.2) is 22.5 Å². The molecule has 0 radical (unpaired) electrons. The molecule has 1 heterocycles. The van der Waals surface area contributed by atoms with E-state index in [0.717, 1.165) is 18.2 Å². The lowest BCUT2D eigenvalue weighted by molar-refractivity contribution is 0.274. The zero-order valence-electron chi connectivity index (χ0n) is 11.6. The zero-order chi connectivity index (χ0) is 16.6. The number of aliphatic hydroxyl groups is 1. The van der Waals surface area contributed by atoms with Crippen LogP contribution in [0.1, 0.15) is 5.69 Å². The second-order valence-corrected chi connectivity index (χ2v) is 4.76. The van der Waals surface area contributed by atoms with E-state index in [-0.39, 0.29) is 11.5 Å². The van der Waals surface area contributed by atoms with Crippen LogP contribution in [0.5, 0.6) is 0 Å². The molecule has 3 rings (SSSR count). The lowest BCUT2D eigenvalue weighted by atomic mass is 10.1. The van der Waals surface area contributed by atoms with Crippen LogP contribution in [0.2, 0.25) is 0 Å². The van der Waals surface area contributed by atoms with E-state index >= 15 is 0 Å². The molecule has 0 saturated heterocycles. The normalized spacial score (nSPS) is 11.0. The van der Waals surface area contributed by atoms with Crippen LogP contribution in [-0.4, -0.2) is 14.7 Å². The molecular formula is C16H10F4N2O. The molecule has 0 spiro atoms. The Morgan fingerprint density at radius 3 is 2.22 bits per heavy atom. The monoisotopic (exact) mass is 322 g/mol. The van der Waals surface area contributed by atoms with E-state index in [2.05, 4.69) is 4.98 Å². The average molecular weight is 322 g/mol. The topological polar surface area (TPSA) is 38.1 Å². The first-order valence-electron chi connectivity index (χ1n) is 6.60. The van der Waals surface area contributed by atoms with E-state index in [0.29, 0.717) is 11.8 Å². The number of imidazole rings is 1. The van der Waals surface area contributed by atoms with E-state index in [4.69, 9.17) is 0 Å². The Bertz CT molecular complexity index is 859. The predicted molar refractivity (Wildman–Crippen MR) is 74.8 cm³/mol. The summed E-state index contributed by atoms with van der Waals surface area (Å²) in [7, 11) is 0. The smallest absolute Gasteiger partial charge is 0.172 e. The summed E-state index contributed by atoms with van der Waals surface area (Å²) in [6.07, 6.45) is 1.21. The predicted octanol–water partition coefficient (Wildman–Crippen LogP) is 3.59. The van der Waals surface area contributed by atoms with E-state index in [9.17, 15) is 22.7 Å². The molecule has 7 heteroatoms. The van der Waals surface area contributed by atoms with Gasteiger partial charge < -0.3 is 5.11 Å². The zero-order valence-corrected chi connectivity index (χ0v) is 11.6. The van der Waals surface area contributed by atoms with Gasteiger partial charge in [0.05, 0.1) is 24.1 Å². The van der Waals surface area contributed by atoms with Crippen molar-refractivity contribution in [2.75, 3.05) is 0 Å². The molecule has 0 aliphatic heterocycles. The molecule has 1 aromatic heterocycles. The Morgan fingerprint density at radius 2 is 1.57 bits per heavy atom. The number of benzene rings is 2. The van der Waals surface area contributed by atoms with Crippen molar-refractivity contribution in [3.05, 3.63) is 71.6 Å². The first-order valence-corrected chi connectivity index (χ1v) is 6.60. The fraction of sp³-hybridized carbons (Fsp3) is 0.0625. The summed E-state index contributed by atoms with van der Waals surface area (Å²) in [5, 5.41) is 9.39. The van der Waals surface area contributed by atoms with Crippen LogP contribution in [0.15, 0.2) is 42.6 Å². The Labute approximate surface area is 128 Å². The molecule has 0 atom stereocenters. The van der Waals surface area contributed by atoms with Gasteiger partial charge in [-0.05, 0) is 36.4 Å². The molecule has 0 bridgehead atoms. The summed E-state index contributed by atoms with van der Waals surface area (Å²) in [5.41, 5.74) is -0.116. The molecule has 0 aliphatic rings. The van der Waals surface area contributed by atoms with Gasteiger partial charge in [-0.1, -0.05) is 0 Å². The summed E-state index contributed by atoms with van der Waals surface area (Å²) in [6, 6.07) is 6.48. The minimum absolute atomic E-state index is 0.217. The first-order chi connectivity index (χ1) is 11.0. The maximum atomic E-state index is 14.0. The van der Waals surface area contributed by atoms with Gasteiger partial charge >= 0.3 is 0 Å². The fourth-order valence-electron chi connectivity index (χ4n) is 2.29. The fourth-order valence-corrected chi connectivity index (χ4v) is 2.29. The summed E-state index contributed by atoms with van der Waals surface area (Å²) in [4.78, 5) is 3.88. The van der Waals surface area contributed by atoms with Crippen LogP contribution in [0, 0.1) is 23.3 Å². The Hall–Kier alpha value is -2.67. The van der Waals surface area contributed by atoms with E-state index in [1.54, 1.807) is 0 Å². The average Bonchev–Trinajstić information content (AvgIpc) is 2.96. The van der Waals surface area contributed by atoms with Crippen LogP contribution in [0.25, 0.3) is 17.1 Å². The highest BCUT2D eigenvalue weighted by molar-refractivity contribution is 5.61. The maximum Gasteiger partial charge on any atom is 0.172 e. The highest BCUT2D eigenvalue weighted by Gasteiger charge is 2.22. The highest BCUT2D eigenvalue weighted by atomic mass is 19.2. The lowest BCUT2D eigenvalue weighted by Gasteiger charge is -2.12. The standard InChI is InChI=1S/C16H10F4N2O/c17-9-1-3-10(4-2-9)22-11(8-23)7-21-16(22)14-12(18)5-6-13(19)15(14)20/h1-7,23H,8H2. The Balaban J connectivity index is 2.29. The van der Waals surface area contributed by atoms with Crippen LogP contribution in [-0.2, 0) is 6.61 Å². The SMILES string of the molecule is OCc1cnc(-c2c(F)ccc(F)c2F)n1-c1ccc(F)cc1. The number of hydrogen-bond acceptors (Lipinski definition) is 2. The molecule has 3 nitrogen and oxygen atoms in total. The maximum absolute atomic E-state index is 14.0. The quantitative estimate of drug-likeness (QED) is 0.591. The third-order valence-corrected chi connectivity index (χ3v) is 3.35. The van der Waals surface area contributed by atoms with Crippen molar-refractivity contribution in [2.24, 2.45) is 0 Å². The third kappa shape index (κ3) is 2.59. The minimum Gasteiger partial charge on any atom is -0.390 e. The Kier molecular flexibility index (Phi) is 3.87. The molecule has 0 aliphatic carbocycles. The minimum atomic E-state index is -1.39. The van der Waals surface area contributed by atoms with Crippen molar-refractivity contribution >= 4 is 0 Å². The number of halogens is 4. The summed E-state index contributed by atoms with van der Waals surface area (Å²) < 4.78 is 55.8. The third-order valence-electron chi connectivity index (χ3n) is 3.35. The van der Waals surface area contributed by atoms with Gasteiger partial charge in [0.25, 0.3) is 0 Å². The van der Waals surface area contributed by atoms with E-state index in [1.165, 1.54) is 22.9 Å². The van der Waals surface area contributed by atoms with Gasteiger partial charge in [0.1, 0.15) is 11.6 Å². The van der Waals surface area contributed by atoms with Crippen molar-refractivity contribution in [3.8, 4) is 17.1 Å². The number of aromatic nitrogens is 2. The van der Waals surface area contributed by atoms with Crippen LogP contribution < -0.4 is 0 Å². The van der Waals surface area contributed by atoms with Gasteiger partial charge in [-0.15, -0.1) is 0 Å². The molecule has 0 fully saturated rings. The first kappa shape index (κ1) is 15.2. The summed E-state index contributed by atoms with van der Waals surface area (Å²) in [5.74, 6) is -4.33. The second kappa shape index (κ2) is 5.85. The van der Waals surface area contributed by atoms with Crippen molar-refractivity contribution in [3.63, 3.8) is 0 Å². The number of hydrogen-bond donors (Lipinski definition) is 1. The van der Waals surface area contributed by atoms with Crippen LogP contribution in [0.3, 0.4) is 0 Å². The van der Waals surface area contributed by atoms with Crippen molar-refractivity contribution < 1.29 is 22.7 Å². The van der Waals surface area contributed by atoms with Crippen LogP contribution in [0.4, 0.5) is 17.6 Å². The molecule has 3 aromatic rings. The summed E-state index contributed by atoms with van der Waals surface area (Å²) in [6.45, 7) is -0.469. The van der Waals surface area contributed by atoms with E-state index in [1.807, 2.05) is 0 Å². The highest BCUT2D eigenvalue weighted by Crippen LogP contribution is 2.30. The van der Waals surface area contributed by atoms with Crippen molar-refractivity contribution in [1.82, 2.24) is 9.55 Å². The van der Waals surface area contributed by atoms with Gasteiger partial charge in [-0.2, -0.15) is 0 Å². The van der Waals surface area contributed by atoms with Crippen LogP contribution >= 0.6 is 0 Å². The van der Waals surface area contributed by atoms with Gasteiger partial charge in [0, 0.05) is 5.69 Å². The van der Waals surface area contributed by atoms with Crippen molar-refractivity contribution in [1.29, 1.82) is 0 Å². The molecule has 1 N–H and O–H groups in total. The molecule has 2 aromatic carbocycles. The largest absolute Gasteiger partial charge is 0.390 e. The number of rotatable bonds is 3. The molecule has 0 unspecified atom stereocenters. The molecule has 0 saturated carbocycles. The number of nitrogens with zero attached hydrogens (tertiary/aromatic N) is 2. The van der Waals surface area contributed by atoms with Gasteiger partial charge in [0.2, 0.25) is 0 Å². The molecular weight excluding hydrogens is 312 g/mol. The Morgan fingerprint density at radius 1 is 0.913 bits per heavy atom. The van der Waals surface area contributed by atoms with Gasteiger partial charge in [-0.3, -0.25) is 4.57 Å². The summed E-state index contributed by atoms with van der Waals surface area (Å²) >= 11 is 0. The molecule has 23 heavy (non-hydrogen) atoms. The number of aliphatic hydroxyl groups excluding tert-OH is 1. The van der Waals surface area contributed by atoms with Gasteiger partial charge in [0.15, 0.2) is 17.5 Å².